The van der Waals surface area contributed by atoms with Gasteiger partial charge in [-0.05, 0) is 47.0 Å². The van der Waals surface area contributed by atoms with Crippen LogP contribution in [-0.4, -0.2) is 46.0 Å². The van der Waals surface area contributed by atoms with Gasteiger partial charge >= 0.3 is 0 Å². The summed E-state index contributed by atoms with van der Waals surface area (Å²) in [6.45, 7) is 3.43. The summed E-state index contributed by atoms with van der Waals surface area (Å²) >= 11 is 0. The van der Waals surface area contributed by atoms with Crippen molar-refractivity contribution in [2.75, 3.05) is 12.8 Å². The van der Waals surface area contributed by atoms with E-state index in [2.05, 4.69) is 20.2 Å². The van der Waals surface area contributed by atoms with Crippen LogP contribution in [0.1, 0.15) is 23.7 Å². The Kier molecular flexibility index (Phi) is 6.15. The standard InChI is InChI=1S/C22H25N5O3S/c1-3-31(28,29)22-23-14-19(27(22)12-11-17-7-5-4-6-8-17)16-26(2)15-18-9-10-20-21(13-18)25-30-24-20/h4-10,13-14H,3,11-12,15-16H2,1-2H3. The molecule has 0 aliphatic heterocycles. The highest BCUT2D eigenvalue weighted by molar-refractivity contribution is 7.91. The first-order chi connectivity index (χ1) is 15.0. The molecule has 2 aromatic carbocycles. The Bertz CT molecular complexity index is 1260. The van der Waals surface area contributed by atoms with Crippen LogP contribution < -0.4 is 0 Å². The van der Waals surface area contributed by atoms with E-state index in [4.69, 9.17) is 4.63 Å². The van der Waals surface area contributed by atoms with Crippen molar-refractivity contribution in [1.29, 1.82) is 0 Å². The predicted molar refractivity (Wildman–Crippen MR) is 117 cm³/mol. The van der Waals surface area contributed by atoms with E-state index < -0.39 is 9.84 Å². The van der Waals surface area contributed by atoms with E-state index in [0.29, 0.717) is 19.6 Å². The van der Waals surface area contributed by atoms with Gasteiger partial charge in [0.1, 0.15) is 11.0 Å². The van der Waals surface area contributed by atoms with Gasteiger partial charge in [-0.25, -0.2) is 18.0 Å². The van der Waals surface area contributed by atoms with Crippen LogP contribution in [0.5, 0.6) is 0 Å². The minimum absolute atomic E-state index is 0.0242. The van der Waals surface area contributed by atoms with E-state index in [1.807, 2.05) is 60.1 Å². The van der Waals surface area contributed by atoms with Gasteiger partial charge in [-0.2, -0.15) is 0 Å². The van der Waals surface area contributed by atoms with Crippen molar-refractivity contribution in [2.45, 2.75) is 38.1 Å². The predicted octanol–water partition coefficient (Wildman–Crippen LogP) is 3.09. The first-order valence-corrected chi connectivity index (χ1v) is 11.8. The van der Waals surface area contributed by atoms with E-state index in [9.17, 15) is 8.42 Å². The quantitative estimate of drug-likeness (QED) is 0.395. The summed E-state index contributed by atoms with van der Waals surface area (Å²) in [5, 5.41) is 7.86. The van der Waals surface area contributed by atoms with Gasteiger partial charge in [0.25, 0.3) is 0 Å². The van der Waals surface area contributed by atoms with Gasteiger partial charge < -0.3 is 4.57 Å². The third-order valence-electron chi connectivity index (χ3n) is 5.23. The second-order valence-corrected chi connectivity index (χ2v) is 9.75. The number of sulfone groups is 1. The van der Waals surface area contributed by atoms with Gasteiger partial charge in [-0.15, -0.1) is 0 Å². The first kappa shape index (κ1) is 21.2. The molecular formula is C22H25N5O3S. The molecule has 0 amide bonds. The summed E-state index contributed by atoms with van der Waals surface area (Å²) in [5.41, 5.74) is 4.54. The normalized spacial score (nSPS) is 12.1. The largest absolute Gasteiger partial charge is 0.317 e. The van der Waals surface area contributed by atoms with E-state index in [1.165, 1.54) is 0 Å². The number of hydrogen-bond donors (Lipinski definition) is 0. The van der Waals surface area contributed by atoms with Crippen LogP contribution in [0, 0.1) is 0 Å². The third-order valence-corrected chi connectivity index (χ3v) is 6.87. The van der Waals surface area contributed by atoms with Crippen molar-refractivity contribution in [3.05, 3.63) is 71.5 Å². The molecule has 0 saturated heterocycles. The molecular weight excluding hydrogens is 414 g/mol. The molecule has 31 heavy (non-hydrogen) atoms. The van der Waals surface area contributed by atoms with Crippen LogP contribution in [0.15, 0.2) is 64.5 Å². The number of nitrogens with zero attached hydrogens (tertiary/aromatic N) is 5. The SMILES string of the molecule is CCS(=O)(=O)c1ncc(CN(C)Cc2ccc3nonc3c2)n1CCc1ccccc1. The summed E-state index contributed by atoms with van der Waals surface area (Å²) in [6.07, 6.45) is 2.41. The van der Waals surface area contributed by atoms with Crippen LogP contribution in [0.25, 0.3) is 11.0 Å². The lowest BCUT2D eigenvalue weighted by atomic mass is 10.1. The average Bonchev–Trinajstić information content (AvgIpc) is 3.39. The van der Waals surface area contributed by atoms with E-state index in [1.54, 1.807) is 13.1 Å². The number of benzene rings is 2. The second kappa shape index (κ2) is 8.99. The second-order valence-electron chi connectivity index (χ2n) is 7.58. The Balaban J connectivity index is 1.54. The van der Waals surface area contributed by atoms with Crippen molar-refractivity contribution in [3.8, 4) is 0 Å². The Morgan fingerprint density at radius 1 is 1.00 bits per heavy atom. The molecule has 2 aromatic heterocycles. The molecule has 0 bridgehead atoms. The lowest BCUT2D eigenvalue weighted by Crippen LogP contribution is -2.21. The van der Waals surface area contributed by atoms with Gasteiger partial charge in [0, 0.05) is 19.6 Å². The van der Waals surface area contributed by atoms with Gasteiger partial charge in [0.2, 0.25) is 15.0 Å². The molecule has 2 heterocycles. The fourth-order valence-corrected chi connectivity index (χ4v) is 4.61. The zero-order valence-corrected chi connectivity index (χ0v) is 18.4. The monoisotopic (exact) mass is 439 g/mol. The fourth-order valence-electron chi connectivity index (χ4n) is 3.59. The van der Waals surface area contributed by atoms with Gasteiger partial charge in [-0.3, -0.25) is 4.90 Å². The Hall–Kier alpha value is -3.04. The summed E-state index contributed by atoms with van der Waals surface area (Å²) in [5.74, 6) is 0.0242. The number of fused-ring (bicyclic) bond motifs is 1. The zero-order chi connectivity index (χ0) is 21.8. The molecule has 0 unspecified atom stereocenters. The van der Waals surface area contributed by atoms with Crippen LogP contribution in [0.3, 0.4) is 0 Å². The molecule has 162 valence electrons. The van der Waals surface area contributed by atoms with Crippen molar-refractivity contribution in [2.24, 2.45) is 0 Å². The number of hydrogen-bond acceptors (Lipinski definition) is 7. The lowest BCUT2D eigenvalue weighted by molar-refractivity contribution is 0.307. The molecule has 0 radical (unpaired) electrons. The molecule has 0 fully saturated rings. The Morgan fingerprint density at radius 3 is 2.55 bits per heavy atom. The van der Waals surface area contributed by atoms with Crippen molar-refractivity contribution in [1.82, 2.24) is 24.8 Å². The molecule has 0 N–H and O–H groups in total. The van der Waals surface area contributed by atoms with Crippen molar-refractivity contribution in [3.63, 3.8) is 0 Å². The highest BCUT2D eigenvalue weighted by Gasteiger charge is 2.22. The first-order valence-electron chi connectivity index (χ1n) is 10.2. The summed E-state index contributed by atoms with van der Waals surface area (Å²) in [4.78, 5) is 6.40. The fraction of sp³-hybridized carbons (Fsp3) is 0.318. The molecule has 4 rings (SSSR count). The van der Waals surface area contributed by atoms with E-state index in [-0.39, 0.29) is 10.9 Å². The van der Waals surface area contributed by atoms with Gasteiger partial charge in [0.05, 0.1) is 17.6 Å². The van der Waals surface area contributed by atoms with Crippen molar-refractivity contribution < 1.29 is 13.0 Å². The molecule has 0 saturated carbocycles. The molecule has 4 aromatic rings. The summed E-state index contributed by atoms with van der Waals surface area (Å²) < 4.78 is 31.8. The van der Waals surface area contributed by atoms with E-state index in [0.717, 1.165) is 34.3 Å². The molecule has 0 aliphatic rings. The van der Waals surface area contributed by atoms with E-state index >= 15 is 0 Å². The number of aromatic nitrogens is 4. The smallest absolute Gasteiger partial charge is 0.227 e. The molecule has 8 nitrogen and oxygen atoms in total. The number of imidazole rings is 1. The van der Waals surface area contributed by atoms with Crippen LogP contribution in [-0.2, 0) is 35.9 Å². The van der Waals surface area contributed by atoms with Crippen molar-refractivity contribution >= 4 is 20.9 Å². The highest BCUT2D eigenvalue weighted by atomic mass is 32.2. The summed E-state index contributed by atoms with van der Waals surface area (Å²) in [7, 11) is -1.42. The van der Waals surface area contributed by atoms with Crippen LogP contribution >= 0.6 is 0 Å². The van der Waals surface area contributed by atoms with Gasteiger partial charge in [0.15, 0.2) is 0 Å². The third kappa shape index (κ3) is 4.83. The topological polar surface area (TPSA) is 94.1 Å². The molecule has 0 aliphatic carbocycles. The van der Waals surface area contributed by atoms with Crippen LogP contribution in [0.2, 0.25) is 0 Å². The molecule has 0 spiro atoms. The highest BCUT2D eigenvalue weighted by Crippen LogP contribution is 2.18. The lowest BCUT2D eigenvalue weighted by Gasteiger charge is -2.19. The number of rotatable bonds is 9. The molecule has 0 atom stereocenters. The maximum absolute atomic E-state index is 12.6. The minimum Gasteiger partial charge on any atom is -0.317 e. The Morgan fingerprint density at radius 2 is 1.77 bits per heavy atom. The zero-order valence-electron chi connectivity index (χ0n) is 17.6. The Labute approximate surface area is 181 Å². The maximum atomic E-state index is 12.6. The van der Waals surface area contributed by atoms with Gasteiger partial charge in [-0.1, -0.05) is 43.3 Å². The molecule has 9 heteroatoms. The number of aryl methyl sites for hydroxylation is 1. The summed E-state index contributed by atoms with van der Waals surface area (Å²) in [6, 6.07) is 15.9. The average molecular weight is 440 g/mol. The maximum Gasteiger partial charge on any atom is 0.227 e. The van der Waals surface area contributed by atoms with Crippen LogP contribution in [0.4, 0.5) is 0 Å². The minimum atomic E-state index is -3.42.